The van der Waals surface area contributed by atoms with Gasteiger partial charge in [-0.15, -0.1) is 0 Å². The van der Waals surface area contributed by atoms with E-state index in [4.69, 9.17) is 27.9 Å². The number of nitrogens with zero attached hydrogens (tertiary/aromatic N) is 5. The fraction of sp³-hybridized carbons (Fsp3) is 0.400. The Kier molecular flexibility index (Phi) is 9.24. The summed E-state index contributed by atoms with van der Waals surface area (Å²) in [5.41, 5.74) is -0.0190. The molecule has 2 fully saturated rings. The van der Waals surface area contributed by atoms with E-state index in [0.717, 1.165) is 23.5 Å². The molecule has 0 bridgehead atoms. The molecule has 0 saturated carbocycles. The van der Waals surface area contributed by atoms with Crippen molar-refractivity contribution in [1.82, 2.24) is 19.7 Å². The van der Waals surface area contributed by atoms with E-state index >= 15 is 0 Å². The lowest BCUT2D eigenvalue weighted by atomic mass is 9.93. The summed E-state index contributed by atoms with van der Waals surface area (Å²) in [6.45, 7) is 3.21. The maximum atomic E-state index is 14.3. The lowest BCUT2D eigenvalue weighted by Gasteiger charge is -2.37. The van der Waals surface area contributed by atoms with Crippen LogP contribution in [0.4, 0.5) is 28.2 Å². The summed E-state index contributed by atoms with van der Waals surface area (Å²) in [4.78, 5) is 25.9. The van der Waals surface area contributed by atoms with E-state index in [-0.39, 0.29) is 24.5 Å². The van der Waals surface area contributed by atoms with Crippen LogP contribution in [0, 0.1) is 5.82 Å². The van der Waals surface area contributed by atoms with Gasteiger partial charge in [-0.25, -0.2) is 9.18 Å². The second-order valence-corrected chi connectivity index (χ2v) is 11.6. The molecular formula is C30H31Cl2F4N5O2. The number of rotatable bonds is 6. The molecule has 0 spiro atoms. The largest absolute Gasteiger partial charge is 0.481 e. The van der Waals surface area contributed by atoms with Crippen LogP contribution in [0.3, 0.4) is 0 Å². The van der Waals surface area contributed by atoms with Gasteiger partial charge in [-0.3, -0.25) is 4.90 Å². The van der Waals surface area contributed by atoms with Crippen molar-refractivity contribution in [2.45, 2.75) is 24.7 Å². The highest BCUT2D eigenvalue weighted by Gasteiger charge is 2.41. The Hall–Kier alpha value is -3.28. The van der Waals surface area contributed by atoms with Gasteiger partial charge >= 0.3 is 12.2 Å². The third-order valence-electron chi connectivity index (χ3n) is 8.06. The number of hydrogen-bond donors (Lipinski definition) is 0. The van der Waals surface area contributed by atoms with E-state index in [0.29, 0.717) is 60.8 Å². The van der Waals surface area contributed by atoms with Crippen LogP contribution in [0.1, 0.15) is 22.6 Å². The number of anilines is 1. The average Bonchev–Trinajstić information content (AvgIpc) is 3.43. The first-order valence-corrected chi connectivity index (χ1v) is 14.5. The zero-order chi connectivity index (χ0) is 30.9. The first-order chi connectivity index (χ1) is 20.4. The molecule has 1 unspecified atom stereocenters. The van der Waals surface area contributed by atoms with Gasteiger partial charge in [-0.2, -0.15) is 18.2 Å². The molecule has 3 aromatic rings. The van der Waals surface area contributed by atoms with Gasteiger partial charge < -0.3 is 19.4 Å². The van der Waals surface area contributed by atoms with Gasteiger partial charge in [0.1, 0.15) is 11.6 Å². The predicted molar refractivity (Wildman–Crippen MR) is 157 cm³/mol. The second-order valence-electron chi connectivity index (χ2n) is 10.8. The number of carbonyl (C=O) groups excluding carboxylic acids is 1. The number of halogens is 6. The molecule has 2 aliphatic heterocycles. The van der Waals surface area contributed by atoms with Crippen LogP contribution in [-0.4, -0.2) is 85.2 Å². The molecule has 0 N–H and O–H groups in total. The molecule has 3 heterocycles. The van der Waals surface area contributed by atoms with Crippen LogP contribution < -0.4 is 9.64 Å². The van der Waals surface area contributed by atoms with Crippen LogP contribution in [-0.2, 0) is 12.7 Å². The van der Waals surface area contributed by atoms with Gasteiger partial charge in [-0.05, 0) is 48.5 Å². The van der Waals surface area contributed by atoms with Crippen molar-refractivity contribution >= 4 is 35.1 Å². The van der Waals surface area contributed by atoms with Gasteiger partial charge in [0, 0.05) is 63.8 Å². The number of hydrogen-bond acceptors (Lipinski definition) is 5. The first kappa shape index (κ1) is 31.2. The molecular weight excluding hydrogens is 609 g/mol. The molecule has 43 heavy (non-hydrogen) atoms. The average molecular weight is 641 g/mol. The quantitative estimate of drug-likeness (QED) is 0.292. The van der Waals surface area contributed by atoms with Gasteiger partial charge in [0.2, 0.25) is 5.88 Å². The number of urea groups is 1. The Morgan fingerprint density at radius 1 is 1.00 bits per heavy atom. The normalized spacial score (nSPS) is 19.3. The zero-order valence-corrected chi connectivity index (χ0v) is 25.1. The van der Waals surface area contributed by atoms with Crippen molar-refractivity contribution in [1.29, 1.82) is 0 Å². The Balaban J connectivity index is 1.31. The van der Waals surface area contributed by atoms with Crippen LogP contribution in [0.15, 0.2) is 54.6 Å². The zero-order valence-electron chi connectivity index (χ0n) is 23.6. The van der Waals surface area contributed by atoms with Gasteiger partial charge in [0.15, 0.2) is 0 Å². The molecule has 2 aliphatic rings. The third-order valence-corrected chi connectivity index (χ3v) is 8.80. The smallest absolute Gasteiger partial charge is 0.419 e. The van der Waals surface area contributed by atoms with Crippen molar-refractivity contribution in [3.05, 3.63) is 87.2 Å². The number of benzene rings is 2. The number of likely N-dealkylation sites (tertiary alicyclic amines) is 1. The van der Waals surface area contributed by atoms with Crippen molar-refractivity contribution in [2.24, 2.45) is 0 Å². The highest BCUT2D eigenvalue weighted by atomic mass is 35.5. The number of methoxy groups -OCH3 is 1. The number of ether oxygens (including phenoxy) is 1. The van der Waals surface area contributed by atoms with E-state index < -0.39 is 17.6 Å². The van der Waals surface area contributed by atoms with Crippen molar-refractivity contribution < 1.29 is 27.1 Å². The first-order valence-electron chi connectivity index (χ1n) is 13.7. The number of piperazine rings is 1. The van der Waals surface area contributed by atoms with Crippen LogP contribution >= 0.6 is 23.2 Å². The lowest BCUT2D eigenvalue weighted by molar-refractivity contribution is -0.140. The maximum Gasteiger partial charge on any atom is 0.419 e. The Morgan fingerprint density at radius 3 is 2.40 bits per heavy atom. The SMILES string of the molecule is COc1cccc(N2CCN(C(=O)N3CC(N(C)Cc4ccc(C(F)(F)F)c(F)c4)[C@@H](c4ccc(Cl)c(Cl)c4)C3)CC2)n1. The molecule has 13 heteroatoms. The summed E-state index contributed by atoms with van der Waals surface area (Å²) < 4.78 is 58.8. The summed E-state index contributed by atoms with van der Waals surface area (Å²) in [5.74, 6) is -0.166. The summed E-state index contributed by atoms with van der Waals surface area (Å²) in [7, 11) is 3.38. The van der Waals surface area contributed by atoms with E-state index in [1.165, 1.54) is 6.07 Å². The predicted octanol–water partition coefficient (Wildman–Crippen LogP) is 6.40. The highest BCUT2D eigenvalue weighted by Crippen LogP contribution is 2.36. The standard InChI is InChI=1S/C30H31Cl2F4N5O2/c1-38(16-19-6-8-22(25(33)14-19)30(34,35)36)26-18-41(17-21(26)20-7-9-23(31)24(32)15-20)29(42)40-12-10-39(11-13-40)27-4-3-5-28(37-27)43-2/h3-9,14-15,21,26H,10-13,16-18H2,1-2H3/t21-,26?/m1/s1. The van der Waals surface area contributed by atoms with Crippen molar-refractivity contribution in [2.75, 3.05) is 58.3 Å². The minimum absolute atomic E-state index is 0.0974. The van der Waals surface area contributed by atoms with Gasteiger partial charge in [0.05, 0.1) is 22.7 Å². The second kappa shape index (κ2) is 12.8. The Labute approximate surface area is 257 Å². The van der Waals surface area contributed by atoms with E-state index in [2.05, 4.69) is 9.88 Å². The molecule has 2 aromatic carbocycles. The summed E-state index contributed by atoms with van der Waals surface area (Å²) >= 11 is 12.5. The number of amides is 2. The molecule has 1 aromatic heterocycles. The van der Waals surface area contributed by atoms with Crippen LogP contribution in [0.5, 0.6) is 5.88 Å². The summed E-state index contributed by atoms with van der Waals surface area (Å²) in [6, 6.07) is 13.6. The fourth-order valence-corrected chi connectivity index (χ4v) is 6.08. The minimum Gasteiger partial charge on any atom is -0.481 e. The van der Waals surface area contributed by atoms with E-state index in [1.54, 1.807) is 30.2 Å². The molecule has 0 aliphatic carbocycles. The summed E-state index contributed by atoms with van der Waals surface area (Å²) in [5, 5.41) is 0.794. The molecule has 2 atom stereocenters. The molecule has 2 saturated heterocycles. The number of carbonyl (C=O) groups is 1. The third kappa shape index (κ3) is 6.94. The molecule has 7 nitrogen and oxygen atoms in total. The van der Waals surface area contributed by atoms with Crippen LogP contribution in [0.2, 0.25) is 10.0 Å². The summed E-state index contributed by atoms with van der Waals surface area (Å²) in [6.07, 6.45) is -4.77. The van der Waals surface area contributed by atoms with Gasteiger partial charge in [-0.1, -0.05) is 41.4 Å². The van der Waals surface area contributed by atoms with Gasteiger partial charge in [0.25, 0.3) is 0 Å². The highest BCUT2D eigenvalue weighted by molar-refractivity contribution is 6.42. The number of alkyl halides is 3. The van der Waals surface area contributed by atoms with Crippen LogP contribution in [0.25, 0.3) is 0 Å². The van der Waals surface area contributed by atoms with Crippen molar-refractivity contribution in [3.63, 3.8) is 0 Å². The monoisotopic (exact) mass is 639 g/mol. The Bertz CT molecular complexity index is 1470. The minimum atomic E-state index is -4.77. The van der Waals surface area contributed by atoms with E-state index in [9.17, 15) is 22.4 Å². The molecule has 2 amide bonds. The number of likely N-dealkylation sites (N-methyl/N-ethyl adjacent to an activating group) is 1. The topological polar surface area (TPSA) is 52.2 Å². The number of pyridine rings is 1. The number of aromatic nitrogens is 1. The lowest BCUT2D eigenvalue weighted by Crippen LogP contribution is -2.53. The van der Waals surface area contributed by atoms with E-state index in [1.807, 2.05) is 35.0 Å². The molecule has 0 radical (unpaired) electrons. The molecule has 5 rings (SSSR count). The maximum absolute atomic E-state index is 14.3. The Morgan fingerprint density at radius 2 is 1.74 bits per heavy atom. The van der Waals surface area contributed by atoms with Crippen molar-refractivity contribution in [3.8, 4) is 5.88 Å². The molecule has 230 valence electrons. The fourth-order valence-electron chi connectivity index (χ4n) is 5.77.